The van der Waals surface area contributed by atoms with Gasteiger partial charge in [-0.05, 0) is 54.8 Å². The van der Waals surface area contributed by atoms with Gasteiger partial charge in [0, 0.05) is 27.9 Å². The van der Waals surface area contributed by atoms with Gasteiger partial charge in [0.2, 0.25) is 6.79 Å². The summed E-state index contributed by atoms with van der Waals surface area (Å²) in [6.45, 7) is 0.163. The maximum atomic E-state index is 13.1. The van der Waals surface area contributed by atoms with Gasteiger partial charge < -0.3 is 15.2 Å². The Morgan fingerprint density at radius 2 is 1.87 bits per heavy atom. The van der Waals surface area contributed by atoms with Crippen LogP contribution in [0.5, 0.6) is 11.5 Å². The number of hydrogen-bond donors (Lipinski definition) is 1. The summed E-state index contributed by atoms with van der Waals surface area (Å²) in [7, 11) is 0. The van der Waals surface area contributed by atoms with Gasteiger partial charge in [0.25, 0.3) is 0 Å². The van der Waals surface area contributed by atoms with Gasteiger partial charge in [-0.25, -0.2) is 0 Å². The lowest BCUT2D eigenvalue weighted by atomic mass is 9.75. The van der Waals surface area contributed by atoms with Crippen molar-refractivity contribution in [3.05, 3.63) is 75.2 Å². The second-order valence-corrected chi connectivity index (χ2v) is 8.32. The summed E-state index contributed by atoms with van der Waals surface area (Å²) in [6, 6.07) is 15.5. The van der Waals surface area contributed by atoms with Crippen molar-refractivity contribution in [3.8, 4) is 17.6 Å². The van der Waals surface area contributed by atoms with Crippen LogP contribution in [0.25, 0.3) is 0 Å². The standard InChI is InChI=1S/C23H18BrN3O3/c24-14-5-7-15(8-6-14)27-17-2-1-3-18(28)22(17)21(16(11-25)23(27)26)13-4-9-19-20(10-13)30-12-29-19/h4-10,21H,1-3,12,26H2. The van der Waals surface area contributed by atoms with E-state index >= 15 is 0 Å². The molecule has 0 amide bonds. The van der Waals surface area contributed by atoms with Crippen molar-refractivity contribution in [2.24, 2.45) is 5.73 Å². The Balaban J connectivity index is 1.72. The Kier molecular flexibility index (Phi) is 4.52. The second-order valence-electron chi connectivity index (χ2n) is 7.41. The maximum absolute atomic E-state index is 13.1. The molecule has 0 spiro atoms. The van der Waals surface area contributed by atoms with E-state index in [1.54, 1.807) is 0 Å². The molecule has 2 N–H and O–H groups in total. The van der Waals surface area contributed by atoms with Gasteiger partial charge in [0.05, 0.1) is 17.6 Å². The number of benzene rings is 2. The summed E-state index contributed by atoms with van der Waals surface area (Å²) in [4.78, 5) is 15.0. The summed E-state index contributed by atoms with van der Waals surface area (Å²) in [5, 5.41) is 10.1. The Labute approximate surface area is 182 Å². The van der Waals surface area contributed by atoms with Crippen molar-refractivity contribution in [3.63, 3.8) is 0 Å². The molecule has 2 heterocycles. The number of nitrogens with two attached hydrogens (primary N) is 1. The first-order valence-corrected chi connectivity index (χ1v) is 10.5. The van der Waals surface area contributed by atoms with Crippen LogP contribution in [0.15, 0.2) is 69.6 Å². The quantitative estimate of drug-likeness (QED) is 0.705. The highest BCUT2D eigenvalue weighted by molar-refractivity contribution is 9.10. The number of hydrogen-bond acceptors (Lipinski definition) is 6. The number of fused-ring (bicyclic) bond motifs is 1. The molecule has 3 aliphatic rings. The molecular weight excluding hydrogens is 446 g/mol. The van der Waals surface area contributed by atoms with Crippen LogP contribution < -0.4 is 20.1 Å². The molecule has 2 aliphatic heterocycles. The molecule has 30 heavy (non-hydrogen) atoms. The summed E-state index contributed by atoms with van der Waals surface area (Å²) >= 11 is 3.45. The number of anilines is 1. The van der Waals surface area contributed by atoms with Crippen molar-refractivity contribution in [2.75, 3.05) is 11.7 Å². The molecule has 5 rings (SSSR count). The zero-order valence-corrected chi connectivity index (χ0v) is 17.6. The lowest BCUT2D eigenvalue weighted by Gasteiger charge is -2.39. The number of allylic oxidation sites excluding steroid dienone is 3. The topological polar surface area (TPSA) is 88.6 Å². The molecule has 1 aliphatic carbocycles. The third-order valence-corrected chi connectivity index (χ3v) is 6.26. The van der Waals surface area contributed by atoms with Gasteiger partial charge in [-0.3, -0.25) is 9.69 Å². The number of carbonyl (C=O) groups is 1. The zero-order chi connectivity index (χ0) is 20.8. The van der Waals surface area contributed by atoms with Crippen LogP contribution in [0, 0.1) is 11.3 Å². The number of rotatable bonds is 2. The molecule has 1 atom stereocenters. The number of nitriles is 1. The maximum Gasteiger partial charge on any atom is 0.231 e. The Hall–Kier alpha value is -3.24. The molecule has 0 saturated heterocycles. The molecule has 2 aromatic rings. The average molecular weight is 464 g/mol. The van der Waals surface area contributed by atoms with E-state index in [1.165, 1.54) is 0 Å². The average Bonchev–Trinajstić information content (AvgIpc) is 3.22. The molecule has 2 aromatic carbocycles. The minimum Gasteiger partial charge on any atom is -0.454 e. The normalized spacial score (nSPS) is 20.3. The van der Waals surface area contributed by atoms with Crippen LogP contribution in [0.4, 0.5) is 5.69 Å². The smallest absolute Gasteiger partial charge is 0.231 e. The molecule has 0 saturated carbocycles. The fourth-order valence-corrected chi connectivity index (χ4v) is 4.66. The fourth-order valence-electron chi connectivity index (χ4n) is 4.40. The number of halogens is 1. The summed E-state index contributed by atoms with van der Waals surface area (Å²) < 4.78 is 11.9. The van der Waals surface area contributed by atoms with E-state index in [0.29, 0.717) is 34.9 Å². The van der Waals surface area contributed by atoms with Crippen molar-refractivity contribution in [2.45, 2.75) is 25.2 Å². The molecule has 150 valence electrons. The summed E-state index contributed by atoms with van der Waals surface area (Å²) in [6.07, 6.45) is 1.94. The van der Waals surface area contributed by atoms with E-state index < -0.39 is 5.92 Å². The molecule has 0 aromatic heterocycles. The van der Waals surface area contributed by atoms with Gasteiger partial charge >= 0.3 is 0 Å². The number of ketones is 1. The molecule has 0 fully saturated rings. The highest BCUT2D eigenvalue weighted by Gasteiger charge is 2.40. The third-order valence-electron chi connectivity index (χ3n) is 5.73. The van der Waals surface area contributed by atoms with Gasteiger partial charge in [0.1, 0.15) is 5.82 Å². The Bertz CT molecular complexity index is 1160. The highest BCUT2D eigenvalue weighted by atomic mass is 79.9. The van der Waals surface area contributed by atoms with E-state index in [2.05, 4.69) is 22.0 Å². The first-order valence-electron chi connectivity index (χ1n) is 9.69. The molecular formula is C23H18BrN3O3. The lowest BCUT2D eigenvalue weighted by Crippen LogP contribution is -2.38. The van der Waals surface area contributed by atoms with Gasteiger partial charge in [-0.15, -0.1) is 0 Å². The number of carbonyl (C=O) groups excluding carboxylic acids is 1. The molecule has 1 unspecified atom stereocenters. The van der Waals surface area contributed by atoms with Crippen LogP contribution in [0.3, 0.4) is 0 Å². The summed E-state index contributed by atoms with van der Waals surface area (Å²) in [5.41, 5.74) is 10.1. The largest absolute Gasteiger partial charge is 0.454 e. The molecule has 0 radical (unpaired) electrons. The van der Waals surface area contributed by atoms with Crippen molar-refractivity contribution >= 4 is 27.4 Å². The zero-order valence-electron chi connectivity index (χ0n) is 16.0. The third kappa shape index (κ3) is 2.87. The van der Waals surface area contributed by atoms with Gasteiger partial charge in [-0.1, -0.05) is 22.0 Å². The van der Waals surface area contributed by atoms with Crippen LogP contribution in [0.2, 0.25) is 0 Å². The highest BCUT2D eigenvalue weighted by Crippen LogP contribution is 2.47. The predicted molar refractivity (Wildman–Crippen MR) is 115 cm³/mol. The predicted octanol–water partition coefficient (Wildman–Crippen LogP) is 4.48. The van der Waals surface area contributed by atoms with Crippen LogP contribution in [-0.4, -0.2) is 12.6 Å². The van der Waals surface area contributed by atoms with Gasteiger partial charge in [0.15, 0.2) is 17.3 Å². The van der Waals surface area contributed by atoms with E-state index in [-0.39, 0.29) is 12.6 Å². The van der Waals surface area contributed by atoms with Crippen molar-refractivity contribution < 1.29 is 14.3 Å². The lowest BCUT2D eigenvalue weighted by molar-refractivity contribution is -0.116. The van der Waals surface area contributed by atoms with E-state index in [9.17, 15) is 10.1 Å². The molecule has 7 heteroatoms. The minimum absolute atomic E-state index is 0.0567. The van der Waals surface area contributed by atoms with Gasteiger partial charge in [-0.2, -0.15) is 5.26 Å². The molecule has 0 bridgehead atoms. The van der Waals surface area contributed by atoms with Crippen molar-refractivity contribution in [1.29, 1.82) is 5.26 Å². The van der Waals surface area contributed by atoms with E-state index in [4.69, 9.17) is 15.2 Å². The van der Waals surface area contributed by atoms with Crippen LogP contribution >= 0.6 is 15.9 Å². The number of nitrogens with zero attached hydrogens (tertiary/aromatic N) is 2. The number of ether oxygens (including phenoxy) is 2. The molecule has 6 nitrogen and oxygen atoms in total. The minimum atomic E-state index is -0.515. The first kappa shape index (κ1) is 18.8. The fraction of sp³-hybridized carbons (Fsp3) is 0.217. The van der Waals surface area contributed by atoms with Crippen LogP contribution in [0.1, 0.15) is 30.7 Å². The second kappa shape index (κ2) is 7.22. The first-order chi connectivity index (χ1) is 14.6. The van der Waals surface area contributed by atoms with Crippen LogP contribution in [-0.2, 0) is 4.79 Å². The Morgan fingerprint density at radius 3 is 2.63 bits per heavy atom. The number of Topliss-reactive ketones (excluding diaryl/α,β-unsaturated/α-hetero) is 1. The SMILES string of the molecule is N#CC1=C(N)N(c2ccc(Br)cc2)C2=C(C(=O)CCC2)C1c1ccc2c(c1)OCO2. The monoisotopic (exact) mass is 463 g/mol. The van der Waals surface area contributed by atoms with E-state index in [1.807, 2.05) is 47.4 Å². The van der Waals surface area contributed by atoms with E-state index in [0.717, 1.165) is 34.3 Å². The summed E-state index contributed by atoms with van der Waals surface area (Å²) in [5.74, 6) is 1.17. The Morgan fingerprint density at radius 1 is 1.10 bits per heavy atom. The van der Waals surface area contributed by atoms with Crippen molar-refractivity contribution in [1.82, 2.24) is 0 Å².